The first-order valence-electron chi connectivity index (χ1n) is 9.19. The number of methoxy groups -OCH3 is 1. The van der Waals surface area contributed by atoms with E-state index in [2.05, 4.69) is 5.10 Å². The Kier molecular flexibility index (Phi) is 6.38. The molecular weight excluding hydrogens is 392 g/mol. The molecule has 0 unspecified atom stereocenters. The van der Waals surface area contributed by atoms with Gasteiger partial charge in [0.15, 0.2) is 11.5 Å². The molecule has 0 aliphatic heterocycles. The molecule has 0 radical (unpaired) electrons. The number of ether oxygens (including phenoxy) is 2. The molecule has 0 fully saturated rings. The van der Waals surface area contributed by atoms with E-state index in [4.69, 9.17) is 9.47 Å². The highest BCUT2D eigenvalue weighted by Crippen LogP contribution is 2.34. The van der Waals surface area contributed by atoms with Gasteiger partial charge >= 0.3 is 5.69 Å². The first-order chi connectivity index (χ1) is 13.9. The van der Waals surface area contributed by atoms with Crippen molar-refractivity contribution in [1.82, 2.24) is 9.78 Å². The van der Waals surface area contributed by atoms with E-state index in [1.54, 1.807) is 37.1 Å². The Hall–Kier alpha value is -3.07. The van der Waals surface area contributed by atoms with Gasteiger partial charge in [-0.1, -0.05) is 12.1 Å². The second kappa shape index (κ2) is 8.95. The highest BCUT2D eigenvalue weighted by molar-refractivity contribution is 7.09. The predicted molar refractivity (Wildman–Crippen MR) is 113 cm³/mol. The molecule has 0 saturated carbocycles. The van der Waals surface area contributed by atoms with Gasteiger partial charge in [0.05, 0.1) is 12.0 Å². The van der Waals surface area contributed by atoms with Crippen LogP contribution in [0.3, 0.4) is 0 Å². The second-order valence-electron chi connectivity index (χ2n) is 6.51. The van der Waals surface area contributed by atoms with Gasteiger partial charge in [0, 0.05) is 25.0 Å². The molecule has 0 saturated heterocycles. The van der Waals surface area contributed by atoms with Gasteiger partial charge in [-0.05, 0) is 43.0 Å². The van der Waals surface area contributed by atoms with Crippen LogP contribution in [-0.4, -0.2) is 28.4 Å². The molecular formula is C20H24N4O4S. The van der Waals surface area contributed by atoms with E-state index in [0.717, 1.165) is 10.4 Å². The molecule has 0 bridgehead atoms. The zero-order chi connectivity index (χ0) is 21.0. The van der Waals surface area contributed by atoms with Crippen molar-refractivity contribution in [2.75, 3.05) is 18.6 Å². The van der Waals surface area contributed by atoms with Crippen molar-refractivity contribution in [1.29, 1.82) is 0 Å². The monoisotopic (exact) mass is 416 g/mol. The van der Waals surface area contributed by atoms with Crippen LogP contribution in [0.4, 0.5) is 11.5 Å². The van der Waals surface area contributed by atoms with Crippen molar-refractivity contribution >= 4 is 22.8 Å². The fourth-order valence-electron chi connectivity index (χ4n) is 3.23. The normalized spacial score (nSPS) is 10.8. The van der Waals surface area contributed by atoms with E-state index in [-0.39, 0.29) is 10.6 Å². The number of hydrogen-bond acceptors (Lipinski definition) is 7. The van der Waals surface area contributed by atoms with Gasteiger partial charge in [-0.25, -0.2) is 4.68 Å². The number of aryl methyl sites for hydroxylation is 2. The minimum atomic E-state index is -0.373. The Morgan fingerprint density at radius 1 is 1.31 bits per heavy atom. The van der Waals surface area contributed by atoms with E-state index in [0.29, 0.717) is 42.7 Å². The van der Waals surface area contributed by atoms with Gasteiger partial charge in [-0.15, -0.1) is 11.3 Å². The maximum absolute atomic E-state index is 11.5. The summed E-state index contributed by atoms with van der Waals surface area (Å²) < 4.78 is 12.9. The summed E-state index contributed by atoms with van der Waals surface area (Å²) >= 11 is 1.64. The molecule has 9 heteroatoms. The smallest absolute Gasteiger partial charge is 0.333 e. The lowest BCUT2D eigenvalue weighted by molar-refractivity contribution is -0.384. The van der Waals surface area contributed by atoms with Crippen LogP contribution in [0.15, 0.2) is 35.7 Å². The summed E-state index contributed by atoms with van der Waals surface area (Å²) in [6.45, 7) is 5.17. The van der Waals surface area contributed by atoms with Crippen LogP contribution in [0.5, 0.6) is 11.5 Å². The maximum Gasteiger partial charge on any atom is 0.333 e. The molecule has 3 rings (SSSR count). The van der Waals surface area contributed by atoms with Gasteiger partial charge in [0.2, 0.25) is 5.82 Å². The third-order valence-electron chi connectivity index (χ3n) is 4.58. The molecule has 29 heavy (non-hydrogen) atoms. The summed E-state index contributed by atoms with van der Waals surface area (Å²) in [5.41, 5.74) is 1.40. The lowest BCUT2D eigenvalue weighted by Gasteiger charge is -2.22. The SMILES string of the molecule is CCN(Cc1ccc(OCc2cccs2)c(OC)c1)c1c([N+](=O)[O-])c(C)nn1C. The van der Waals surface area contributed by atoms with E-state index in [9.17, 15) is 10.1 Å². The minimum Gasteiger partial charge on any atom is -0.493 e. The van der Waals surface area contributed by atoms with E-state index >= 15 is 0 Å². The second-order valence-corrected chi connectivity index (χ2v) is 7.54. The van der Waals surface area contributed by atoms with E-state index < -0.39 is 0 Å². The highest BCUT2D eigenvalue weighted by atomic mass is 32.1. The van der Waals surface area contributed by atoms with Crippen molar-refractivity contribution in [3.05, 3.63) is 62.0 Å². The van der Waals surface area contributed by atoms with Crippen LogP contribution in [-0.2, 0) is 20.2 Å². The van der Waals surface area contributed by atoms with Crippen LogP contribution >= 0.6 is 11.3 Å². The third kappa shape index (κ3) is 4.51. The molecule has 154 valence electrons. The number of aromatic nitrogens is 2. The van der Waals surface area contributed by atoms with Crippen LogP contribution in [0.25, 0.3) is 0 Å². The molecule has 2 heterocycles. The van der Waals surface area contributed by atoms with Crippen LogP contribution < -0.4 is 14.4 Å². The quantitative estimate of drug-likeness (QED) is 0.382. The summed E-state index contributed by atoms with van der Waals surface area (Å²) in [6.07, 6.45) is 0. The highest BCUT2D eigenvalue weighted by Gasteiger charge is 2.28. The number of thiophene rings is 1. The average Bonchev–Trinajstić information content (AvgIpc) is 3.32. The molecule has 0 spiro atoms. The van der Waals surface area contributed by atoms with Crippen LogP contribution in [0.2, 0.25) is 0 Å². The van der Waals surface area contributed by atoms with E-state index in [1.165, 1.54) is 0 Å². The summed E-state index contributed by atoms with van der Waals surface area (Å²) in [5, 5.41) is 17.8. The minimum absolute atomic E-state index is 0.0391. The lowest BCUT2D eigenvalue weighted by Crippen LogP contribution is -2.25. The van der Waals surface area contributed by atoms with E-state index in [1.807, 2.05) is 47.5 Å². The summed E-state index contributed by atoms with van der Waals surface area (Å²) in [4.78, 5) is 14.2. The fraction of sp³-hybridized carbons (Fsp3) is 0.350. The van der Waals surface area contributed by atoms with Gasteiger partial charge in [-0.2, -0.15) is 5.10 Å². The van der Waals surface area contributed by atoms with Crippen molar-refractivity contribution < 1.29 is 14.4 Å². The Bertz CT molecular complexity index is 985. The van der Waals surface area contributed by atoms with Crippen molar-refractivity contribution in [2.24, 2.45) is 7.05 Å². The average molecular weight is 417 g/mol. The van der Waals surface area contributed by atoms with Gasteiger partial charge in [0.25, 0.3) is 0 Å². The molecule has 0 N–H and O–H groups in total. The molecule has 0 aliphatic rings. The van der Waals surface area contributed by atoms with Gasteiger partial charge in [-0.3, -0.25) is 10.1 Å². The van der Waals surface area contributed by atoms with Crippen molar-refractivity contribution in [3.63, 3.8) is 0 Å². The van der Waals surface area contributed by atoms with Crippen molar-refractivity contribution in [3.8, 4) is 11.5 Å². The Morgan fingerprint density at radius 3 is 2.72 bits per heavy atom. The number of nitrogens with zero attached hydrogens (tertiary/aromatic N) is 4. The third-order valence-corrected chi connectivity index (χ3v) is 5.43. The zero-order valence-corrected chi connectivity index (χ0v) is 17.7. The standard InChI is InChI=1S/C20H24N4O4S/c1-5-23(20-19(24(25)26)14(2)21-22(20)3)12-15-8-9-17(18(11-15)27-4)28-13-16-7-6-10-29-16/h6-11H,5,12-13H2,1-4H3. The summed E-state index contributed by atoms with van der Waals surface area (Å²) in [6, 6.07) is 9.74. The molecule has 3 aromatic rings. The zero-order valence-electron chi connectivity index (χ0n) is 16.9. The molecule has 0 atom stereocenters. The molecule has 1 aromatic carbocycles. The first-order valence-corrected chi connectivity index (χ1v) is 10.1. The fourth-order valence-corrected chi connectivity index (χ4v) is 3.85. The number of nitro groups is 1. The number of rotatable bonds is 9. The maximum atomic E-state index is 11.5. The molecule has 8 nitrogen and oxygen atoms in total. The topological polar surface area (TPSA) is 82.7 Å². The van der Waals surface area contributed by atoms with Crippen LogP contribution in [0.1, 0.15) is 23.1 Å². The summed E-state index contributed by atoms with van der Waals surface area (Å²) in [7, 11) is 3.32. The summed E-state index contributed by atoms with van der Waals surface area (Å²) in [5.74, 6) is 1.79. The molecule has 0 amide bonds. The first kappa shape index (κ1) is 20.7. The number of hydrogen-bond donors (Lipinski definition) is 0. The van der Waals surface area contributed by atoms with Crippen molar-refractivity contribution in [2.45, 2.75) is 27.0 Å². The largest absolute Gasteiger partial charge is 0.493 e. The number of anilines is 1. The Labute approximate surface area is 173 Å². The van der Waals surface area contributed by atoms with Crippen LogP contribution in [0, 0.1) is 17.0 Å². The Balaban J connectivity index is 1.82. The molecule has 2 aromatic heterocycles. The van der Waals surface area contributed by atoms with Gasteiger partial charge in [0.1, 0.15) is 12.3 Å². The lowest BCUT2D eigenvalue weighted by atomic mass is 10.2. The molecule has 0 aliphatic carbocycles. The number of benzene rings is 1. The van der Waals surface area contributed by atoms with Gasteiger partial charge < -0.3 is 14.4 Å². The predicted octanol–water partition coefficient (Wildman–Crippen LogP) is 4.31. The Morgan fingerprint density at radius 2 is 2.10 bits per heavy atom.